The van der Waals surface area contributed by atoms with Gasteiger partial charge in [0.1, 0.15) is 5.92 Å². The second-order valence-electron chi connectivity index (χ2n) is 8.45. The molecule has 0 saturated carbocycles. The summed E-state index contributed by atoms with van der Waals surface area (Å²) >= 11 is 6.30. The van der Waals surface area contributed by atoms with Gasteiger partial charge in [-0.25, -0.2) is 4.79 Å². The Morgan fingerprint density at radius 3 is 2.59 bits per heavy atom. The molecular formula is C25H30ClNO7. The SMILES string of the molecule is CCCOC(=O)C1=C(C)NC2=C(C(=O)[C@@H](C(=O)OC)[C@H](C)C2)[C@@H]1c1cc(Cl)c(O)c(OCC)c1. The molecule has 0 amide bonds. The van der Waals surface area contributed by atoms with Gasteiger partial charge in [0.05, 0.1) is 30.9 Å². The number of aromatic hydroxyl groups is 1. The molecule has 0 bridgehead atoms. The van der Waals surface area contributed by atoms with Crippen LogP contribution < -0.4 is 10.1 Å². The summed E-state index contributed by atoms with van der Waals surface area (Å²) in [6, 6.07) is 3.06. The van der Waals surface area contributed by atoms with Gasteiger partial charge in [-0.2, -0.15) is 0 Å². The van der Waals surface area contributed by atoms with Gasteiger partial charge >= 0.3 is 11.9 Å². The molecule has 1 aromatic carbocycles. The maximum Gasteiger partial charge on any atom is 0.336 e. The van der Waals surface area contributed by atoms with E-state index >= 15 is 0 Å². The number of carbonyl (C=O) groups is 3. The number of rotatable bonds is 7. The maximum atomic E-state index is 13.7. The number of phenols is 1. The molecule has 8 nitrogen and oxygen atoms in total. The number of allylic oxidation sites excluding steroid dienone is 3. The second-order valence-corrected chi connectivity index (χ2v) is 8.86. The highest BCUT2D eigenvalue weighted by Crippen LogP contribution is 2.48. The number of dihydropyridines is 1. The number of Topliss-reactive ketones (excluding diaryl/α,β-unsaturated/α-hetero) is 1. The third kappa shape index (κ3) is 4.64. The summed E-state index contributed by atoms with van der Waals surface area (Å²) in [5, 5.41) is 13.6. The Hall–Kier alpha value is -3.00. The fourth-order valence-corrected chi connectivity index (χ4v) is 4.80. The van der Waals surface area contributed by atoms with Crippen LogP contribution in [0.25, 0.3) is 0 Å². The van der Waals surface area contributed by atoms with Crippen molar-refractivity contribution in [2.45, 2.75) is 46.5 Å². The monoisotopic (exact) mass is 491 g/mol. The van der Waals surface area contributed by atoms with Crippen LogP contribution in [0.1, 0.15) is 52.0 Å². The van der Waals surface area contributed by atoms with E-state index in [0.29, 0.717) is 29.8 Å². The van der Waals surface area contributed by atoms with E-state index in [1.807, 2.05) is 13.8 Å². The lowest BCUT2D eigenvalue weighted by Gasteiger charge is -2.38. The van der Waals surface area contributed by atoms with Gasteiger partial charge < -0.3 is 24.6 Å². The van der Waals surface area contributed by atoms with Crippen LogP contribution in [0.15, 0.2) is 34.7 Å². The van der Waals surface area contributed by atoms with Crippen LogP contribution >= 0.6 is 11.6 Å². The topological polar surface area (TPSA) is 111 Å². The first-order valence-corrected chi connectivity index (χ1v) is 11.7. The van der Waals surface area contributed by atoms with E-state index in [-0.39, 0.29) is 46.8 Å². The molecule has 3 atom stereocenters. The molecule has 0 unspecified atom stereocenters. The summed E-state index contributed by atoms with van der Waals surface area (Å²) in [6.45, 7) is 7.68. The molecule has 9 heteroatoms. The lowest BCUT2D eigenvalue weighted by atomic mass is 9.69. The standard InChI is InChI=1S/C25H30ClNO7/c1-6-8-34-25(31)19-13(4)27-16-9-12(3)18(24(30)32-5)23(29)21(16)20(19)14-10-15(26)22(28)17(11-14)33-7-2/h10-12,18,20,27-28H,6-9H2,1-5H3/t12-,18+,20-/m1/s1. The molecule has 1 heterocycles. The Morgan fingerprint density at radius 2 is 1.97 bits per heavy atom. The highest BCUT2D eigenvalue weighted by atomic mass is 35.5. The second kappa shape index (κ2) is 10.5. The molecule has 0 aromatic heterocycles. The van der Waals surface area contributed by atoms with Crippen molar-refractivity contribution < 1.29 is 33.7 Å². The van der Waals surface area contributed by atoms with Gasteiger partial charge in [0, 0.05) is 22.9 Å². The first-order chi connectivity index (χ1) is 16.2. The Labute approximate surface area is 203 Å². The van der Waals surface area contributed by atoms with Gasteiger partial charge in [-0.15, -0.1) is 0 Å². The number of hydrogen-bond acceptors (Lipinski definition) is 8. The zero-order valence-electron chi connectivity index (χ0n) is 20.0. The molecule has 1 aliphatic carbocycles. The van der Waals surface area contributed by atoms with E-state index in [4.69, 9.17) is 25.8 Å². The number of benzene rings is 1. The third-order valence-corrected chi connectivity index (χ3v) is 6.37. The van der Waals surface area contributed by atoms with Crippen LogP contribution in [0, 0.1) is 11.8 Å². The molecule has 184 valence electrons. The molecule has 3 rings (SSSR count). The lowest BCUT2D eigenvalue weighted by Crippen LogP contribution is -2.43. The Balaban J connectivity index is 2.24. The third-order valence-electron chi connectivity index (χ3n) is 6.08. The molecule has 1 aromatic rings. The summed E-state index contributed by atoms with van der Waals surface area (Å²) in [4.78, 5) is 39.4. The molecule has 0 spiro atoms. The number of nitrogens with one attached hydrogen (secondary N) is 1. The number of halogens is 1. The summed E-state index contributed by atoms with van der Waals surface area (Å²) in [6.07, 6.45) is 1.04. The number of phenolic OH excluding ortho intramolecular Hbond substituents is 1. The number of hydrogen-bond donors (Lipinski definition) is 2. The van der Waals surface area contributed by atoms with E-state index in [2.05, 4.69) is 5.32 Å². The van der Waals surface area contributed by atoms with Crippen molar-refractivity contribution in [3.8, 4) is 11.5 Å². The van der Waals surface area contributed by atoms with Gasteiger partial charge in [0.25, 0.3) is 0 Å². The maximum absolute atomic E-state index is 13.7. The predicted octanol–water partition coefficient (Wildman–Crippen LogP) is 4.01. The van der Waals surface area contributed by atoms with Gasteiger partial charge in [0.15, 0.2) is 17.3 Å². The minimum atomic E-state index is -1.00. The van der Waals surface area contributed by atoms with Crippen LogP contribution in [0.3, 0.4) is 0 Å². The van der Waals surface area contributed by atoms with Gasteiger partial charge in [-0.3, -0.25) is 9.59 Å². The fourth-order valence-electron chi connectivity index (χ4n) is 4.58. The van der Waals surface area contributed by atoms with Crippen molar-refractivity contribution >= 4 is 29.3 Å². The summed E-state index contributed by atoms with van der Waals surface area (Å²) in [7, 11) is 1.24. The van der Waals surface area contributed by atoms with Crippen LogP contribution in [0.2, 0.25) is 5.02 Å². The zero-order chi connectivity index (χ0) is 25.2. The normalized spacial score (nSPS) is 22.2. The number of carbonyl (C=O) groups excluding carboxylic acids is 3. The van der Waals surface area contributed by atoms with E-state index in [9.17, 15) is 19.5 Å². The van der Waals surface area contributed by atoms with E-state index in [0.717, 1.165) is 0 Å². The van der Waals surface area contributed by atoms with Crippen molar-refractivity contribution in [2.75, 3.05) is 20.3 Å². The van der Waals surface area contributed by atoms with Crippen molar-refractivity contribution in [3.05, 3.63) is 45.3 Å². The largest absolute Gasteiger partial charge is 0.503 e. The molecular weight excluding hydrogens is 462 g/mol. The lowest BCUT2D eigenvalue weighted by molar-refractivity contribution is -0.151. The highest BCUT2D eigenvalue weighted by molar-refractivity contribution is 6.32. The predicted molar refractivity (Wildman–Crippen MR) is 125 cm³/mol. The van der Waals surface area contributed by atoms with Crippen molar-refractivity contribution in [3.63, 3.8) is 0 Å². The molecule has 0 saturated heterocycles. The Morgan fingerprint density at radius 1 is 1.26 bits per heavy atom. The Kier molecular flexibility index (Phi) is 7.92. The van der Waals surface area contributed by atoms with Gasteiger partial charge in [-0.05, 0) is 50.3 Å². The quantitative estimate of drug-likeness (QED) is 0.434. The minimum Gasteiger partial charge on any atom is -0.503 e. The summed E-state index contributed by atoms with van der Waals surface area (Å²) < 4.78 is 15.9. The molecule has 0 fully saturated rings. The van der Waals surface area contributed by atoms with Gasteiger partial charge in [0.2, 0.25) is 0 Å². The molecule has 2 aliphatic rings. The number of methoxy groups -OCH3 is 1. The fraction of sp³-hybridized carbons (Fsp3) is 0.480. The smallest absolute Gasteiger partial charge is 0.336 e. The molecule has 2 N–H and O–H groups in total. The van der Waals surface area contributed by atoms with E-state index < -0.39 is 29.6 Å². The molecule has 1 aliphatic heterocycles. The van der Waals surface area contributed by atoms with Crippen LogP contribution in [0.5, 0.6) is 11.5 Å². The summed E-state index contributed by atoms with van der Waals surface area (Å²) in [5.74, 6) is -3.89. The minimum absolute atomic E-state index is 0.0155. The average molecular weight is 492 g/mol. The van der Waals surface area contributed by atoms with E-state index in [1.165, 1.54) is 13.2 Å². The number of ketones is 1. The first kappa shape index (κ1) is 25.6. The Bertz CT molecular complexity index is 1080. The highest BCUT2D eigenvalue weighted by Gasteiger charge is 2.47. The number of ether oxygens (including phenoxy) is 3. The van der Waals surface area contributed by atoms with Crippen molar-refractivity contribution in [1.29, 1.82) is 0 Å². The number of esters is 2. The average Bonchev–Trinajstić information content (AvgIpc) is 2.79. The van der Waals surface area contributed by atoms with Crippen molar-refractivity contribution in [2.24, 2.45) is 11.8 Å². The zero-order valence-corrected chi connectivity index (χ0v) is 20.7. The summed E-state index contributed by atoms with van der Waals surface area (Å²) in [5.41, 5.74) is 2.17. The van der Waals surface area contributed by atoms with Crippen LogP contribution in [0.4, 0.5) is 0 Å². The first-order valence-electron chi connectivity index (χ1n) is 11.3. The van der Waals surface area contributed by atoms with Crippen LogP contribution in [-0.4, -0.2) is 43.2 Å². The molecule has 0 radical (unpaired) electrons. The van der Waals surface area contributed by atoms with E-state index in [1.54, 1.807) is 19.9 Å². The van der Waals surface area contributed by atoms with Gasteiger partial charge in [-0.1, -0.05) is 25.4 Å². The van der Waals surface area contributed by atoms with Crippen LogP contribution in [-0.2, 0) is 23.9 Å². The molecule has 34 heavy (non-hydrogen) atoms. The van der Waals surface area contributed by atoms with Crippen molar-refractivity contribution in [1.82, 2.24) is 5.32 Å².